The van der Waals surface area contributed by atoms with Gasteiger partial charge in [0.15, 0.2) is 6.61 Å². The average Bonchev–Trinajstić information content (AvgIpc) is 2.72. The molecule has 0 bridgehead atoms. The summed E-state index contributed by atoms with van der Waals surface area (Å²) in [6.07, 6.45) is 1.77. The minimum atomic E-state index is -0.414. The van der Waals surface area contributed by atoms with E-state index < -0.39 is 11.8 Å². The second kappa shape index (κ2) is 10.1. The maximum atomic E-state index is 13.2. The second-order valence-electron chi connectivity index (χ2n) is 6.91. The summed E-state index contributed by atoms with van der Waals surface area (Å²) in [5.41, 5.74) is 0.389. The number of halogens is 2. The molecular weight excluding hydrogens is 397 g/mol. The third-order valence-electron chi connectivity index (χ3n) is 4.69. The van der Waals surface area contributed by atoms with Crippen LogP contribution < -0.4 is 15.4 Å². The van der Waals surface area contributed by atoms with Gasteiger partial charge in [0.2, 0.25) is 0 Å². The molecule has 0 spiro atoms. The highest BCUT2D eigenvalue weighted by Crippen LogP contribution is 2.23. The number of para-hydroxylation sites is 1. The Bertz CT molecular complexity index is 865. The minimum absolute atomic E-state index is 0.0794. The summed E-state index contributed by atoms with van der Waals surface area (Å²) in [4.78, 5) is 26.2. The molecule has 154 valence electrons. The number of ether oxygens (including phenoxy) is 1. The van der Waals surface area contributed by atoms with E-state index in [1.54, 1.807) is 35.2 Å². The average molecular weight is 420 g/mol. The van der Waals surface area contributed by atoms with Crippen molar-refractivity contribution < 1.29 is 18.7 Å². The smallest absolute Gasteiger partial charge is 0.319 e. The van der Waals surface area contributed by atoms with Gasteiger partial charge < -0.3 is 20.3 Å². The van der Waals surface area contributed by atoms with E-state index >= 15 is 0 Å². The van der Waals surface area contributed by atoms with E-state index in [-0.39, 0.29) is 18.4 Å². The molecule has 3 rings (SSSR count). The molecule has 6 nitrogen and oxygen atoms in total. The van der Waals surface area contributed by atoms with Crippen molar-refractivity contribution in [3.63, 3.8) is 0 Å². The van der Waals surface area contributed by atoms with Gasteiger partial charge in [-0.1, -0.05) is 29.8 Å². The zero-order valence-corrected chi connectivity index (χ0v) is 16.6. The fourth-order valence-corrected chi connectivity index (χ4v) is 3.42. The van der Waals surface area contributed by atoms with Gasteiger partial charge in [0, 0.05) is 25.3 Å². The van der Waals surface area contributed by atoms with Crippen LogP contribution in [0.2, 0.25) is 5.02 Å². The van der Waals surface area contributed by atoms with Crippen molar-refractivity contribution in [2.75, 3.05) is 31.6 Å². The lowest BCUT2D eigenvalue weighted by Gasteiger charge is -2.32. The molecule has 3 amide bonds. The van der Waals surface area contributed by atoms with Crippen LogP contribution in [0, 0.1) is 11.7 Å². The number of piperidine rings is 1. The Labute approximate surface area is 174 Å². The van der Waals surface area contributed by atoms with E-state index in [0.717, 1.165) is 12.8 Å². The highest BCUT2D eigenvalue weighted by atomic mass is 35.5. The lowest BCUT2D eigenvalue weighted by Crippen LogP contribution is -2.45. The van der Waals surface area contributed by atoms with Crippen LogP contribution in [0.4, 0.5) is 14.9 Å². The Hall–Kier alpha value is -2.80. The summed E-state index contributed by atoms with van der Waals surface area (Å²) in [5, 5.41) is 5.85. The molecule has 2 aromatic carbocycles. The Morgan fingerprint density at radius 3 is 2.83 bits per heavy atom. The number of nitrogens with one attached hydrogen (secondary N) is 2. The van der Waals surface area contributed by atoms with Crippen molar-refractivity contribution in [3.05, 3.63) is 59.4 Å². The third-order valence-corrected chi connectivity index (χ3v) is 5.01. The number of urea groups is 1. The number of likely N-dealkylation sites (tertiary alicyclic amines) is 1. The molecule has 2 N–H and O–H groups in total. The summed E-state index contributed by atoms with van der Waals surface area (Å²) >= 11 is 6.04. The Balaban J connectivity index is 1.43. The molecule has 0 aliphatic carbocycles. The normalized spacial score (nSPS) is 16.2. The molecule has 8 heteroatoms. The maximum absolute atomic E-state index is 13.2. The predicted octanol–water partition coefficient (Wildman–Crippen LogP) is 3.92. The summed E-state index contributed by atoms with van der Waals surface area (Å²) in [7, 11) is 0. The number of carbonyl (C=O) groups is 2. The molecule has 0 saturated carbocycles. The number of hydrogen-bond acceptors (Lipinski definition) is 3. The summed E-state index contributed by atoms with van der Waals surface area (Å²) in [6.45, 7) is 1.56. The van der Waals surface area contributed by atoms with Gasteiger partial charge in [0.05, 0.1) is 5.02 Å². The first-order chi connectivity index (χ1) is 14.0. The first kappa shape index (κ1) is 20.9. The maximum Gasteiger partial charge on any atom is 0.319 e. The van der Waals surface area contributed by atoms with Crippen LogP contribution in [-0.2, 0) is 4.79 Å². The Kier molecular flexibility index (Phi) is 7.30. The van der Waals surface area contributed by atoms with Gasteiger partial charge >= 0.3 is 6.03 Å². The van der Waals surface area contributed by atoms with Crippen molar-refractivity contribution in [2.45, 2.75) is 12.8 Å². The number of nitrogens with zero attached hydrogens (tertiary/aromatic N) is 1. The molecule has 29 heavy (non-hydrogen) atoms. The van der Waals surface area contributed by atoms with Gasteiger partial charge in [0.1, 0.15) is 11.6 Å². The Morgan fingerprint density at radius 1 is 1.21 bits per heavy atom. The van der Waals surface area contributed by atoms with Crippen LogP contribution in [0.15, 0.2) is 48.5 Å². The SMILES string of the molecule is O=C(NCC1CCCN(C(=O)COc2ccccc2Cl)C1)Nc1cccc(F)c1. The van der Waals surface area contributed by atoms with E-state index in [4.69, 9.17) is 16.3 Å². The van der Waals surface area contributed by atoms with Crippen molar-refractivity contribution in [3.8, 4) is 5.75 Å². The zero-order chi connectivity index (χ0) is 20.6. The number of anilines is 1. The molecule has 1 saturated heterocycles. The predicted molar refractivity (Wildman–Crippen MR) is 110 cm³/mol. The molecule has 0 radical (unpaired) electrons. The summed E-state index contributed by atoms with van der Waals surface area (Å²) in [6, 6.07) is 12.3. The molecule has 1 aliphatic heterocycles. The standard InChI is InChI=1S/C21H23ClFN3O3/c22-18-8-1-2-9-19(18)29-14-20(27)26-10-4-5-15(13-26)12-24-21(28)25-17-7-3-6-16(23)11-17/h1-3,6-9,11,15H,4-5,10,12-14H2,(H2,24,25,28). The number of benzene rings is 2. The van der Waals surface area contributed by atoms with Crippen LogP contribution in [0.5, 0.6) is 5.75 Å². The van der Waals surface area contributed by atoms with E-state index in [2.05, 4.69) is 10.6 Å². The van der Waals surface area contributed by atoms with Crippen molar-refractivity contribution >= 4 is 29.2 Å². The summed E-state index contributed by atoms with van der Waals surface area (Å²) < 4.78 is 18.7. The van der Waals surface area contributed by atoms with Gasteiger partial charge in [-0.05, 0) is 49.1 Å². The molecule has 1 aliphatic rings. The van der Waals surface area contributed by atoms with Crippen molar-refractivity contribution in [1.82, 2.24) is 10.2 Å². The number of carbonyl (C=O) groups excluding carboxylic acids is 2. The lowest BCUT2D eigenvalue weighted by molar-refractivity contribution is -0.135. The fourth-order valence-electron chi connectivity index (χ4n) is 3.23. The van der Waals surface area contributed by atoms with Gasteiger partial charge in [0.25, 0.3) is 5.91 Å². The quantitative estimate of drug-likeness (QED) is 0.745. The molecule has 1 unspecified atom stereocenters. The Morgan fingerprint density at radius 2 is 2.03 bits per heavy atom. The van der Waals surface area contributed by atoms with Gasteiger partial charge in [-0.15, -0.1) is 0 Å². The molecule has 1 atom stereocenters. The largest absolute Gasteiger partial charge is 0.482 e. The van der Waals surface area contributed by atoms with E-state index in [0.29, 0.717) is 36.1 Å². The summed E-state index contributed by atoms with van der Waals surface area (Å²) in [5.74, 6) is 0.0973. The first-order valence-corrected chi connectivity index (χ1v) is 9.84. The van der Waals surface area contributed by atoms with Crippen LogP contribution in [0.3, 0.4) is 0 Å². The van der Waals surface area contributed by atoms with Crippen LogP contribution in [0.25, 0.3) is 0 Å². The van der Waals surface area contributed by atoms with E-state index in [1.807, 2.05) is 0 Å². The second-order valence-corrected chi connectivity index (χ2v) is 7.32. The molecule has 0 aromatic heterocycles. The minimum Gasteiger partial charge on any atom is -0.482 e. The van der Waals surface area contributed by atoms with Crippen LogP contribution in [0.1, 0.15) is 12.8 Å². The molecule has 2 aromatic rings. The monoisotopic (exact) mass is 419 g/mol. The molecule has 1 heterocycles. The van der Waals surface area contributed by atoms with Gasteiger partial charge in [-0.2, -0.15) is 0 Å². The molecular formula is C21H23ClFN3O3. The first-order valence-electron chi connectivity index (χ1n) is 9.47. The highest BCUT2D eigenvalue weighted by molar-refractivity contribution is 6.32. The number of hydrogen-bond donors (Lipinski definition) is 2. The number of amides is 3. The van der Waals surface area contributed by atoms with Crippen molar-refractivity contribution in [2.24, 2.45) is 5.92 Å². The highest BCUT2D eigenvalue weighted by Gasteiger charge is 2.24. The van der Waals surface area contributed by atoms with E-state index in [1.165, 1.54) is 18.2 Å². The van der Waals surface area contributed by atoms with Crippen LogP contribution in [-0.4, -0.2) is 43.1 Å². The van der Waals surface area contributed by atoms with E-state index in [9.17, 15) is 14.0 Å². The number of rotatable bonds is 6. The van der Waals surface area contributed by atoms with Crippen LogP contribution >= 0.6 is 11.6 Å². The topological polar surface area (TPSA) is 70.7 Å². The van der Waals surface area contributed by atoms with Gasteiger partial charge in [-0.3, -0.25) is 4.79 Å². The fraction of sp³-hybridized carbons (Fsp3) is 0.333. The van der Waals surface area contributed by atoms with Gasteiger partial charge in [-0.25, -0.2) is 9.18 Å². The molecule has 1 fully saturated rings. The lowest BCUT2D eigenvalue weighted by atomic mass is 9.98. The third kappa shape index (κ3) is 6.35. The zero-order valence-electron chi connectivity index (χ0n) is 15.9. The van der Waals surface area contributed by atoms with Crippen molar-refractivity contribution in [1.29, 1.82) is 0 Å².